The van der Waals surface area contributed by atoms with Gasteiger partial charge in [0, 0.05) is 13.1 Å². The van der Waals surface area contributed by atoms with E-state index in [1.54, 1.807) is 12.1 Å². The number of fused-ring (bicyclic) bond motifs is 1. The largest absolute Gasteiger partial charge is 0.491 e. The van der Waals surface area contributed by atoms with E-state index in [4.69, 9.17) is 4.74 Å². The van der Waals surface area contributed by atoms with Gasteiger partial charge in [-0.25, -0.2) is 0 Å². The first-order chi connectivity index (χ1) is 14.2. The number of likely N-dealkylation sites (tertiary alicyclic amines) is 1. The lowest BCUT2D eigenvalue weighted by molar-refractivity contribution is -0.134. The van der Waals surface area contributed by atoms with E-state index in [1.807, 2.05) is 12.1 Å². The van der Waals surface area contributed by atoms with Crippen LogP contribution in [0.25, 0.3) is 0 Å². The Morgan fingerprint density at radius 1 is 1.00 bits per heavy atom. The van der Waals surface area contributed by atoms with E-state index in [-0.39, 0.29) is 17.2 Å². The van der Waals surface area contributed by atoms with Gasteiger partial charge in [0.15, 0.2) is 0 Å². The van der Waals surface area contributed by atoms with Gasteiger partial charge in [0.25, 0.3) is 5.91 Å². The maximum Gasteiger partial charge on any atom is 0.255 e. The Labute approximate surface area is 173 Å². The Balaban J connectivity index is 1.40. The minimum absolute atomic E-state index is 0.0928. The molecule has 29 heavy (non-hydrogen) atoms. The van der Waals surface area contributed by atoms with Crippen molar-refractivity contribution < 1.29 is 14.3 Å². The number of hydrogen-bond donors (Lipinski definition) is 2. The minimum atomic E-state index is -0.272. The molecule has 2 aliphatic heterocycles. The van der Waals surface area contributed by atoms with Crippen LogP contribution in [0.5, 0.6) is 5.75 Å². The Hall–Kier alpha value is -2.08. The SMILES string of the molecule is O=C1NCCCCC2(CCN(CC3CC3)CC2)C(=O)NCCOc2ccccc21. The van der Waals surface area contributed by atoms with Gasteiger partial charge in [-0.2, -0.15) is 0 Å². The Morgan fingerprint density at radius 2 is 1.79 bits per heavy atom. The number of nitrogens with one attached hydrogen (secondary N) is 2. The van der Waals surface area contributed by atoms with Gasteiger partial charge in [-0.1, -0.05) is 18.6 Å². The topological polar surface area (TPSA) is 70.7 Å². The fraction of sp³-hybridized carbons (Fsp3) is 0.652. The molecule has 1 saturated heterocycles. The number of piperidine rings is 1. The summed E-state index contributed by atoms with van der Waals surface area (Å²) in [6, 6.07) is 7.28. The molecule has 1 aliphatic carbocycles. The number of rotatable bonds is 2. The van der Waals surface area contributed by atoms with Crippen LogP contribution in [0.1, 0.15) is 55.3 Å². The summed E-state index contributed by atoms with van der Waals surface area (Å²) in [5.41, 5.74) is 0.280. The van der Waals surface area contributed by atoms with Crippen molar-refractivity contribution in [2.75, 3.05) is 39.3 Å². The molecule has 0 atom stereocenters. The standard InChI is InChI=1S/C23H33N3O3/c27-21-19-5-1-2-6-20(19)29-16-13-25-22(28)23(9-3-4-12-24-21)10-14-26(15-11-23)17-18-7-8-18/h1-2,5-6,18H,3-4,7-17H2,(H,24,27)(H,25,28). The quantitative estimate of drug-likeness (QED) is 0.802. The van der Waals surface area contributed by atoms with Crippen LogP contribution in [0.3, 0.4) is 0 Å². The first-order valence-corrected chi connectivity index (χ1v) is 11.2. The highest BCUT2D eigenvalue weighted by atomic mass is 16.5. The van der Waals surface area contributed by atoms with Crippen molar-refractivity contribution >= 4 is 11.8 Å². The van der Waals surface area contributed by atoms with Gasteiger partial charge < -0.3 is 20.3 Å². The van der Waals surface area contributed by atoms with Gasteiger partial charge in [-0.15, -0.1) is 0 Å². The van der Waals surface area contributed by atoms with Gasteiger partial charge in [0.2, 0.25) is 5.91 Å². The van der Waals surface area contributed by atoms with Gasteiger partial charge in [0.05, 0.1) is 17.5 Å². The van der Waals surface area contributed by atoms with Crippen molar-refractivity contribution in [3.8, 4) is 5.75 Å². The summed E-state index contributed by atoms with van der Waals surface area (Å²) >= 11 is 0. The van der Waals surface area contributed by atoms with Gasteiger partial charge in [-0.3, -0.25) is 9.59 Å². The lowest BCUT2D eigenvalue weighted by atomic mass is 9.73. The molecule has 1 aromatic rings. The molecule has 1 aromatic carbocycles. The summed E-state index contributed by atoms with van der Waals surface area (Å²) in [6.07, 6.45) is 7.34. The summed E-state index contributed by atoms with van der Waals surface area (Å²) < 4.78 is 5.81. The fourth-order valence-electron chi connectivity index (χ4n) is 4.60. The molecular weight excluding hydrogens is 366 g/mol. The molecule has 1 spiro atoms. The van der Waals surface area contributed by atoms with Crippen molar-refractivity contribution in [1.29, 1.82) is 0 Å². The Morgan fingerprint density at radius 3 is 2.59 bits per heavy atom. The first kappa shape index (κ1) is 20.2. The number of benzene rings is 1. The molecule has 3 aliphatic rings. The summed E-state index contributed by atoms with van der Waals surface area (Å²) in [5.74, 6) is 1.55. The third-order valence-electron chi connectivity index (χ3n) is 6.65. The molecule has 0 unspecified atom stereocenters. The van der Waals surface area contributed by atoms with E-state index in [0.29, 0.717) is 31.0 Å². The van der Waals surface area contributed by atoms with E-state index in [2.05, 4.69) is 15.5 Å². The summed E-state index contributed by atoms with van der Waals surface area (Å²) in [4.78, 5) is 28.2. The number of para-hydroxylation sites is 1. The Bertz CT molecular complexity index is 724. The van der Waals surface area contributed by atoms with E-state index in [9.17, 15) is 9.59 Å². The average Bonchev–Trinajstić information content (AvgIpc) is 3.56. The van der Waals surface area contributed by atoms with E-state index < -0.39 is 0 Å². The smallest absolute Gasteiger partial charge is 0.255 e. The maximum absolute atomic E-state index is 13.1. The highest BCUT2D eigenvalue weighted by molar-refractivity contribution is 5.96. The zero-order valence-corrected chi connectivity index (χ0v) is 17.3. The fourth-order valence-corrected chi connectivity index (χ4v) is 4.60. The van der Waals surface area contributed by atoms with Crippen LogP contribution < -0.4 is 15.4 Å². The number of carbonyl (C=O) groups excluding carboxylic acids is 2. The van der Waals surface area contributed by atoms with Crippen molar-refractivity contribution in [2.45, 2.75) is 44.9 Å². The molecule has 0 radical (unpaired) electrons. The molecule has 4 rings (SSSR count). The predicted molar refractivity (Wildman–Crippen MR) is 112 cm³/mol. The first-order valence-electron chi connectivity index (χ1n) is 11.2. The van der Waals surface area contributed by atoms with Crippen LogP contribution >= 0.6 is 0 Å². The molecule has 2 fully saturated rings. The highest BCUT2D eigenvalue weighted by Crippen LogP contribution is 2.39. The number of carbonyl (C=O) groups is 2. The normalized spacial score (nSPS) is 24.0. The second kappa shape index (κ2) is 9.16. The monoisotopic (exact) mass is 399 g/mol. The van der Waals surface area contributed by atoms with Gasteiger partial charge >= 0.3 is 0 Å². The van der Waals surface area contributed by atoms with Crippen LogP contribution in [0.15, 0.2) is 24.3 Å². The van der Waals surface area contributed by atoms with E-state index >= 15 is 0 Å². The van der Waals surface area contributed by atoms with Crippen molar-refractivity contribution in [2.24, 2.45) is 11.3 Å². The average molecular weight is 400 g/mol. The number of ether oxygens (including phenoxy) is 1. The highest BCUT2D eigenvalue weighted by Gasteiger charge is 2.41. The summed E-state index contributed by atoms with van der Waals surface area (Å²) in [7, 11) is 0. The molecule has 1 saturated carbocycles. The Kier molecular flexibility index (Phi) is 6.38. The molecule has 6 heteroatoms. The van der Waals surface area contributed by atoms with Crippen LogP contribution in [-0.4, -0.2) is 56.0 Å². The molecule has 158 valence electrons. The maximum atomic E-state index is 13.1. The molecule has 2 amide bonds. The second-order valence-electron chi connectivity index (χ2n) is 8.84. The lowest BCUT2D eigenvalue weighted by Crippen LogP contribution is -2.50. The predicted octanol–water partition coefficient (Wildman–Crippen LogP) is 2.59. The van der Waals surface area contributed by atoms with E-state index in [0.717, 1.165) is 51.1 Å². The number of amides is 2. The van der Waals surface area contributed by atoms with Crippen LogP contribution in [0, 0.1) is 11.3 Å². The van der Waals surface area contributed by atoms with Crippen LogP contribution in [-0.2, 0) is 4.79 Å². The molecule has 2 heterocycles. The molecule has 6 nitrogen and oxygen atoms in total. The number of nitrogens with zero attached hydrogens (tertiary/aromatic N) is 1. The minimum Gasteiger partial charge on any atom is -0.491 e. The van der Waals surface area contributed by atoms with Crippen molar-refractivity contribution in [3.63, 3.8) is 0 Å². The summed E-state index contributed by atoms with van der Waals surface area (Å²) in [6.45, 7) is 4.69. The zero-order chi connectivity index (χ0) is 20.1. The van der Waals surface area contributed by atoms with Crippen LogP contribution in [0.4, 0.5) is 0 Å². The van der Waals surface area contributed by atoms with Crippen molar-refractivity contribution in [3.05, 3.63) is 29.8 Å². The third kappa shape index (κ3) is 5.10. The summed E-state index contributed by atoms with van der Waals surface area (Å²) in [5, 5.41) is 6.13. The molecular formula is C23H33N3O3. The van der Waals surface area contributed by atoms with Crippen LogP contribution in [0.2, 0.25) is 0 Å². The molecule has 2 N–H and O–H groups in total. The van der Waals surface area contributed by atoms with Gasteiger partial charge in [-0.05, 0) is 69.7 Å². The van der Waals surface area contributed by atoms with Crippen molar-refractivity contribution in [1.82, 2.24) is 15.5 Å². The zero-order valence-electron chi connectivity index (χ0n) is 17.3. The number of hydrogen-bond acceptors (Lipinski definition) is 4. The third-order valence-corrected chi connectivity index (χ3v) is 6.65. The lowest BCUT2D eigenvalue weighted by Gasteiger charge is -2.41. The second-order valence-corrected chi connectivity index (χ2v) is 8.84. The van der Waals surface area contributed by atoms with Gasteiger partial charge in [0.1, 0.15) is 12.4 Å². The molecule has 0 bridgehead atoms. The molecule has 0 aromatic heterocycles. The van der Waals surface area contributed by atoms with E-state index in [1.165, 1.54) is 19.4 Å².